The van der Waals surface area contributed by atoms with Crippen LogP contribution in [0, 0.1) is 17.6 Å². The predicted molar refractivity (Wildman–Crippen MR) is 69.3 cm³/mol. The number of hydrogen-bond donors (Lipinski definition) is 2. The molecule has 0 bridgehead atoms. The van der Waals surface area contributed by atoms with Gasteiger partial charge in [0.1, 0.15) is 0 Å². The lowest BCUT2D eigenvalue weighted by Crippen LogP contribution is -2.38. The summed E-state index contributed by atoms with van der Waals surface area (Å²) in [5.41, 5.74) is -0.0377. The highest BCUT2D eigenvalue weighted by molar-refractivity contribution is 6.33. The van der Waals surface area contributed by atoms with E-state index in [1.807, 2.05) is 0 Å². The molecule has 2 N–H and O–H groups in total. The summed E-state index contributed by atoms with van der Waals surface area (Å²) in [6, 6.07) is 1.64. The van der Waals surface area contributed by atoms with Gasteiger partial charge in [0.25, 0.3) is 5.91 Å². The van der Waals surface area contributed by atoms with E-state index in [9.17, 15) is 13.6 Å². The maximum Gasteiger partial charge on any atom is 0.252 e. The maximum atomic E-state index is 13.1. The van der Waals surface area contributed by atoms with Crippen molar-refractivity contribution >= 4 is 17.5 Å². The van der Waals surface area contributed by atoms with Gasteiger partial charge in [0, 0.05) is 6.54 Å². The van der Waals surface area contributed by atoms with E-state index in [-0.39, 0.29) is 10.6 Å². The van der Waals surface area contributed by atoms with Gasteiger partial charge >= 0.3 is 0 Å². The van der Waals surface area contributed by atoms with Crippen LogP contribution in [0.15, 0.2) is 12.1 Å². The van der Waals surface area contributed by atoms with E-state index in [1.165, 1.54) is 0 Å². The Labute approximate surface area is 115 Å². The third kappa shape index (κ3) is 3.64. The molecule has 1 fully saturated rings. The second-order valence-corrected chi connectivity index (χ2v) is 5.08. The van der Waals surface area contributed by atoms with Crippen molar-refractivity contribution in [3.8, 4) is 0 Å². The Hall–Kier alpha value is -1.20. The van der Waals surface area contributed by atoms with Gasteiger partial charge in [-0.05, 0) is 44.0 Å². The average molecular weight is 289 g/mol. The molecular weight excluding hydrogens is 274 g/mol. The molecule has 19 heavy (non-hydrogen) atoms. The first-order valence-electron chi connectivity index (χ1n) is 6.21. The van der Waals surface area contributed by atoms with E-state index in [2.05, 4.69) is 10.6 Å². The lowest BCUT2D eigenvalue weighted by molar-refractivity contribution is 0.0944. The van der Waals surface area contributed by atoms with Crippen molar-refractivity contribution < 1.29 is 13.6 Å². The first kappa shape index (κ1) is 14.2. The molecule has 6 heteroatoms. The fourth-order valence-electron chi connectivity index (χ4n) is 2.13. The number of benzene rings is 1. The first-order valence-corrected chi connectivity index (χ1v) is 6.59. The van der Waals surface area contributed by atoms with E-state index >= 15 is 0 Å². The Kier molecular flexibility index (Phi) is 4.71. The normalized spacial score (nSPS) is 19.2. The number of halogens is 3. The van der Waals surface area contributed by atoms with Crippen molar-refractivity contribution in [2.45, 2.75) is 12.8 Å². The fraction of sp³-hybridized carbons (Fsp3) is 0.462. The van der Waals surface area contributed by atoms with Gasteiger partial charge < -0.3 is 10.6 Å². The summed E-state index contributed by atoms with van der Waals surface area (Å²) < 4.78 is 26.0. The maximum absolute atomic E-state index is 13.1. The van der Waals surface area contributed by atoms with Gasteiger partial charge in [-0.2, -0.15) is 0 Å². The van der Waals surface area contributed by atoms with E-state index in [0.717, 1.165) is 38.1 Å². The SMILES string of the molecule is O=C(NC[C@H]1CCCNC1)c1cc(F)c(F)cc1Cl. The Balaban J connectivity index is 1.97. The summed E-state index contributed by atoms with van der Waals surface area (Å²) in [6.45, 7) is 2.35. The lowest BCUT2D eigenvalue weighted by Gasteiger charge is -2.22. The van der Waals surface area contributed by atoms with Crippen LogP contribution in [0.4, 0.5) is 8.78 Å². The van der Waals surface area contributed by atoms with Crippen molar-refractivity contribution in [3.63, 3.8) is 0 Å². The van der Waals surface area contributed by atoms with Crippen LogP contribution in [-0.2, 0) is 0 Å². The molecule has 0 spiro atoms. The molecule has 1 heterocycles. The smallest absolute Gasteiger partial charge is 0.252 e. The Morgan fingerprint density at radius 3 is 2.84 bits per heavy atom. The van der Waals surface area contributed by atoms with Crippen molar-refractivity contribution in [1.29, 1.82) is 0 Å². The van der Waals surface area contributed by atoms with E-state index in [4.69, 9.17) is 11.6 Å². The van der Waals surface area contributed by atoms with Crippen LogP contribution in [-0.4, -0.2) is 25.5 Å². The minimum absolute atomic E-state index is 0.0377. The molecule has 1 atom stereocenters. The van der Waals surface area contributed by atoms with Crippen molar-refractivity contribution in [2.24, 2.45) is 5.92 Å². The third-order valence-corrected chi connectivity index (χ3v) is 3.52. The van der Waals surface area contributed by atoms with Crippen molar-refractivity contribution in [3.05, 3.63) is 34.4 Å². The van der Waals surface area contributed by atoms with Gasteiger partial charge in [0.2, 0.25) is 0 Å². The van der Waals surface area contributed by atoms with Gasteiger partial charge in [0.05, 0.1) is 10.6 Å². The molecule has 0 unspecified atom stereocenters. The molecule has 2 rings (SSSR count). The molecular formula is C13H15ClF2N2O. The van der Waals surface area contributed by atoms with E-state index < -0.39 is 17.5 Å². The average Bonchev–Trinajstić information content (AvgIpc) is 2.41. The number of carbonyl (C=O) groups excluding carboxylic acids is 1. The number of carbonyl (C=O) groups is 1. The quantitative estimate of drug-likeness (QED) is 0.838. The summed E-state index contributed by atoms with van der Waals surface area (Å²) in [7, 11) is 0. The van der Waals surface area contributed by atoms with Crippen LogP contribution in [0.2, 0.25) is 5.02 Å². The second-order valence-electron chi connectivity index (χ2n) is 4.67. The molecule has 1 aliphatic heterocycles. The highest BCUT2D eigenvalue weighted by Gasteiger charge is 2.17. The van der Waals surface area contributed by atoms with Crippen LogP contribution < -0.4 is 10.6 Å². The van der Waals surface area contributed by atoms with Crippen LogP contribution in [0.1, 0.15) is 23.2 Å². The van der Waals surface area contributed by atoms with Crippen LogP contribution in [0.25, 0.3) is 0 Å². The molecule has 0 aromatic heterocycles. The van der Waals surface area contributed by atoms with Gasteiger partial charge in [-0.15, -0.1) is 0 Å². The number of rotatable bonds is 3. The minimum atomic E-state index is -1.08. The minimum Gasteiger partial charge on any atom is -0.352 e. The van der Waals surface area contributed by atoms with Crippen LogP contribution in [0.5, 0.6) is 0 Å². The highest BCUT2D eigenvalue weighted by Crippen LogP contribution is 2.20. The monoisotopic (exact) mass is 288 g/mol. The summed E-state index contributed by atoms with van der Waals surface area (Å²) in [5.74, 6) is -2.25. The Bertz CT molecular complexity index is 476. The molecule has 0 radical (unpaired) electrons. The van der Waals surface area contributed by atoms with Gasteiger partial charge in [0.15, 0.2) is 11.6 Å². The molecule has 1 aliphatic rings. The topological polar surface area (TPSA) is 41.1 Å². The van der Waals surface area contributed by atoms with Crippen LogP contribution in [0.3, 0.4) is 0 Å². The fourth-order valence-corrected chi connectivity index (χ4v) is 2.36. The van der Waals surface area contributed by atoms with Gasteiger partial charge in [-0.3, -0.25) is 4.79 Å². The zero-order chi connectivity index (χ0) is 13.8. The van der Waals surface area contributed by atoms with Crippen molar-refractivity contribution in [1.82, 2.24) is 10.6 Å². The second kappa shape index (κ2) is 6.30. The summed E-state index contributed by atoms with van der Waals surface area (Å²) in [5, 5.41) is 5.86. The first-order chi connectivity index (χ1) is 9.08. The molecule has 104 valence electrons. The number of amides is 1. The summed E-state index contributed by atoms with van der Waals surface area (Å²) >= 11 is 5.74. The van der Waals surface area contributed by atoms with Gasteiger partial charge in [-0.1, -0.05) is 11.6 Å². The molecule has 3 nitrogen and oxygen atoms in total. The molecule has 1 aromatic rings. The predicted octanol–water partition coefficient (Wildman–Crippen LogP) is 2.35. The number of hydrogen-bond acceptors (Lipinski definition) is 2. The molecule has 1 aromatic carbocycles. The number of piperidine rings is 1. The number of nitrogens with one attached hydrogen (secondary N) is 2. The Morgan fingerprint density at radius 2 is 2.16 bits per heavy atom. The summed E-state index contributed by atoms with van der Waals surface area (Å²) in [4.78, 5) is 11.9. The van der Waals surface area contributed by atoms with Gasteiger partial charge in [-0.25, -0.2) is 8.78 Å². The third-order valence-electron chi connectivity index (χ3n) is 3.20. The Morgan fingerprint density at radius 1 is 1.42 bits per heavy atom. The van der Waals surface area contributed by atoms with Crippen LogP contribution >= 0.6 is 11.6 Å². The summed E-state index contributed by atoms with van der Waals surface area (Å²) in [6.07, 6.45) is 2.12. The lowest BCUT2D eigenvalue weighted by atomic mass is 9.99. The standard InChI is InChI=1S/C13H15ClF2N2O/c14-10-5-12(16)11(15)4-9(10)13(19)18-7-8-2-1-3-17-6-8/h4-5,8,17H,1-3,6-7H2,(H,18,19)/t8-/m0/s1. The van der Waals surface area contributed by atoms with E-state index in [1.54, 1.807) is 0 Å². The largest absolute Gasteiger partial charge is 0.352 e. The molecule has 1 saturated heterocycles. The molecule has 0 aliphatic carbocycles. The highest BCUT2D eigenvalue weighted by atomic mass is 35.5. The van der Waals surface area contributed by atoms with Crippen molar-refractivity contribution in [2.75, 3.05) is 19.6 Å². The van der Waals surface area contributed by atoms with E-state index in [0.29, 0.717) is 12.5 Å². The zero-order valence-electron chi connectivity index (χ0n) is 10.3. The zero-order valence-corrected chi connectivity index (χ0v) is 11.1. The molecule has 1 amide bonds. The molecule has 0 saturated carbocycles.